The van der Waals surface area contributed by atoms with Crippen LogP contribution in [-0.4, -0.2) is 69.5 Å². The number of carbonyl (C=O) groups excluding carboxylic acids is 2. The van der Waals surface area contributed by atoms with E-state index in [1.807, 2.05) is 13.8 Å². The molecule has 10 heteroatoms. The van der Waals surface area contributed by atoms with Gasteiger partial charge in [0.15, 0.2) is 17.6 Å². The van der Waals surface area contributed by atoms with E-state index >= 15 is 0 Å². The lowest BCUT2D eigenvalue weighted by atomic mass is 9.84. The average molecular weight is 481 g/mol. The maximum absolute atomic E-state index is 11.5. The van der Waals surface area contributed by atoms with E-state index in [9.17, 15) is 30.0 Å². The average Bonchev–Trinajstić information content (AvgIpc) is 2.80. The van der Waals surface area contributed by atoms with Crippen LogP contribution in [0.4, 0.5) is 0 Å². The van der Waals surface area contributed by atoms with Crippen molar-refractivity contribution in [3.05, 3.63) is 46.9 Å². The molecule has 3 rings (SSSR count). The second kappa shape index (κ2) is 10.7. The van der Waals surface area contributed by atoms with Crippen LogP contribution in [0.2, 0.25) is 0 Å². The summed E-state index contributed by atoms with van der Waals surface area (Å²) < 4.78 is 21.9. The Hall–Kier alpha value is -2.66. The topological polar surface area (TPSA) is 152 Å². The molecule has 10 nitrogen and oxygen atoms in total. The minimum Gasteiger partial charge on any atom is -0.506 e. The molecule has 34 heavy (non-hydrogen) atoms. The maximum Gasteiger partial charge on any atom is 0.303 e. The highest BCUT2D eigenvalue weighted by molar-refractivity contribution is 5.67. The predicted octanol–water partition coefficient (Wildman–Crippen LogP) is 2.16. The molecule has 0 bridgehead atoms. The Kier molecular flexibility index (Phi) is 8.19. The molecule has 188 valence electrons. The van der Waals surface area contributed by atoms with Crippen molar-refractivity contribution in [3.63, 3.8) is 0 Å². The van der Waals surface area contributed by atoms with Crippen LogP contribution >= 0.6 is 0 Å². The van der Waals surface area contributed by atoms with Crippen LogP contribution in [0.25, 0.3) is 0 Å². The first-order valence-electron chi connectivity index (χ1n) is 11.2. The Morgan fingerprint density at radius 2 is 1.53 bits per heavy atom. The monoisotopic (exact) mass is 480 g/mol. The van der Waals surface area contributed by atoms with Gasteiger partial charge in [0, 0.05) is 19.8 Å². The van der Waals surface area contributed by atoms with Crippen molar-refractivity contribution in [2.75, 3.05) is 6.61 Å². The van der Waals surface area contributed by atoms with E-state index in [-0.39, 0.29) is 18.6 Å². The van der Waals surface area contributed by atoms with Crippen LogP contribution in [0.1, 0.15) is 57.5 Å². The third kappa shape index (κ3) is 5.35. The number of hydrogen-bond donors (Lipinski definition) is 4. The van der Waals surface area contributed by atoms with Gasteiger partial charge in [-0.2, -0.15) is 0 Å². The SMILES string of the molecule is CC[C@H]1O[C@H](c2ccc([C@H]3O[C@H](COC(C)=O)[C@@H](OC(C)=O)C(O)=C3O)cc2)[C@@H](O)[C@@H](O)[C@@H]1C. The molecule has 1 saturated heterocycles. The summed E-state index contributed by atoms with van der Waals surface area (Å²) in [6.45, 7) is 5.81. The number of aliphatic hydroxyl groups is 4. The number of ether oxygens (including phenoxy) is 4. The summed E-state index contributed by atoms with van der Waals surface area (Å²) in [4.78, 5) is 22.7. The minimum atomic E-state index is -1.34. The van der Waals surface area contributed by atoms with Crippen molar-refractivity contribution in [3.8, 4) is 0 Å². The molecule has 1 fully saturated rings. The fourth-order valence-corrected chi connectivity index (χ4v) is 4.35. The van der Waals surface area contributed by atoms with Gasteiger partial charge in [-0.05, 0) is 17.5 Å². The number of benzene rings is 1. The van der Waals surface area contributed by atoms with Gasteiger partial charge in [-0.15, -0.1) is 0 Å². The number of esters is 2. The van der Waals surface area contributed by atoms with Gasteiger partial charge < -0.3 is 39.4 Å². The highest BCUT2D eigenvalue weighted by Gasteiger charge is 2.43. The quantitative estimate of drug-likeness (QED) is 0.446. The first kappa shape index (κ1) is 26.0. The van der Waals surface area contributed by atoms with E-state index in [1.165, 1.54) is 6.92 Å². The molecule has 0 spiro atoms. The van der Waals surface area contributed by atoms with E-state index in [0.29, 0.717) is 17.5 Å². The van der Waals surface area contributed by atoms with E-state index in [1.54, 1.807) is 24.3 Å². The summed E-state index contributed by atoms with van der Waals surface area (Å²) in [5, 5.41) is 42.0. The van der Waals surface area contributed by atoms with Crippen LogP contribution in [0.5, 0.6) is 0 Å². The molecule has 0 amide bonds. The van der Waals surface area contributed by atoms with Crippen LogP contribution in [0.3, 0.4) is 0 Å². The van der Waals surface area contributed by atoms with E-state index in [0.717, 1.165) is 6.92 Å². The molecule has 1 aromatic rings. The molecule has 8 atom stereocenters. The molecule has 0 unspecified atom stereocenters. The standard InChI is InChI=1S/C24H32O10/c1-5-16-11(2)18(27)19(28)22(33-16)14-6-8-15(9-7-14)23-20(29)21(30)24(32-13(4)26)17(34-23)10-31-12(3)25/h6-9,11,16-19,22-24,27-30H,5,10H2,1-4H3/t11-,16-,17-,18+,19+,22-,23-,24-/m1/s1. The van der Waals surface area contributed by atoms with Gasteiger partial charge in [-0.25, -0.2) is 0 Å². The summed E-state index contributed by atoms with van der Waals surface area (Å²) in [6, 6.07) is 6.59. The van der Waals surface area contributed by atoms with Crippen LogP contribution in [0, 0.1) is 5.92 Å². The molecule has 2 aliphatic rings. The lowest BCUT2D eigenvalue weighted by Crippen LogP contribution is -2.49. The van der Waals surface area contributed by atoms with Crippen molar-refractivity contribution in [2.24, 2.45) is 5.92 Å². The molecular weight excluding hydrogens is 448 g/mol. The highest BCUT2D eigenvalue weighted by Crippen LogP contribution is 2.39. The van der Waals surface area contributed by atoms with Crippen LogP contribution in [-0.2, 0) is 28.5 Å². The fraction of sp³-hybridized carbons (Fsp3) is 0.583. The minimum absolute atomic E-state index is 0.212. The molecular formula is C24H32O10. The molecule has 2 aliphatic heterocycles. The van der Waals surface area contributed by atoms with Gasteiger partial charge >= 0.3 is 11.9 Å². The summed E-state index contributed by atoms with van der Waals surface area (Å²) in [6.07, 6.45) is -5.83. The zero-order valence-corrected chi connectivity index (χ0v) is 19.6. The molecule has 2 heterocycles. The largest absolute Gasteiger partial charge is 0.506 e. The van der Waals surface area contributed by atoms with E-state index in [2.05, 4.69) is 0 Å². The predicted molar refractivity (Wildman–Crippen MR) is 118 cm³/mol. The van der Waals surface area contributed by atoms with E-state index in [4.69, 9.17) is 18.9 Å². The highest BCUT2D eigenvalue weighted by atomic mass is 16.6. The maximum atomic E-state index is 11.5. The molecule has 0 radical (unpaired) electrons. The van der Waals surface area contributed by atoms with Crippen molar-refractivity contribution >= 4 is 11.9 Å². The Morgan fingerprint density at radius 3 is 2.09 bits per heavy atom. The smallest absolute Gasteiger partial charge is 0.303 e. The first-order chi connectivity index (χ1) is 16.0. The van der Waals surface area contributed by atoms with Crippen molar-refractivity contribution < 1.29 is 49.0 Å². The van der Waals surface area contributed by atoms with E-state index < -0.39 is 60.1 Å². The van der Waals surface area contributed by atoms with Crippen molar-refractivity contribution in [1.82, 2.24) is 0 Å². The summed E-state index contributed by atoms with van der Waals surface area (Å²) >= 11 is 0. The van der Waals surface area contributed by atoms with Gasteiger partial charge in [-0.1, -0.05) is 38.1 Å². The lowest BCUT2D eigenvalue weighted by Gasteiger charge is -2.41. The summed E-state index contributed by atoms with van der Waals surface area (Å²) in [5.74, 6) is -2.65. The molecule has 4 N–H and O–H groups in total. The van der Waals surface area contributed by atoms with Gasteiger partial charge in [0.2, 0.25) is 0 Å². The van der Waals surface area contributed by atoms with Crippen LogP contribution in [0.15, 0.2) is 35.8 Å². The van der Waals surface area contributed by atoms with Crippen molar-refractivity contribution in [1.29, 1.82) is 0 Å². The van der Waals surface area contributed by atoms with Gasteiger partial charge in [-0.3, -0.25) is 9.59 Å². The van der Waals surface area contributed by atoms with Gasteiger partial charge in [0.1, 0.15) is 31.0 Å². The Bertz CT molecular complexity index is 909. The first-order valence-corrected chi connectivity index (χ1v) is 11.2. The third-order valence-corrected chi connectivity index (χ3v) is 6.25. The normalized spacial score (nSPS) is 33.9. The number of aliphatic hydroxyl groups excluding tert-OH is 4. The van der Waals surface area contributed by atoms with Gasteiger partial charge in [0.25, 0.3) is 0 Å². The lowest BCUT2D eigenvalue weighted by molar-refractivity contribution is -0.199. The van der Waals surface area contributed by atoms with Crippen LogP contribution < -0.4 is 0 Å². The molecule has 0 saturated carbocycles. The number of rotatable bonds is 6. The third-order valence-electron chi connectivity index (χ3n) is 6.25. The zero-order chi connectivity index (χ0) is 25.2. The Labute approximate surface area is 197 Å². The Morgan fingerprint density at radius 1 is 0.912 bits per heavy atom. The second-order valence-corrected chi connectivity index (χ2v) is 8.67. The molecule has 0 aromatic heterocycles. The van der Waals surface area contributed by atoms with Crippen molar-refractivity contribution in [2.45, 2.75) is 76.8 Å². The second-order valence-electron chi connectivity index (χ2n) is 8.67. The number of carbonyl (C=O) groups is 2. The fourth-order valence-electron chi connectivity index (χ4n) is 4.35. The summed E-state index contributed by atoms with van der Waals surface area (Å²) in [7, 11) is 0. The number of hydrogen-bond acceptors (Lipinski definition) is 10. The Balaban J connectivity index is 1.85. The summed E-state index contributed by atoms with van der Waals surface area (Å²) in [5.41, 5.74) is 1.08. The zero-order valence-electron chi connectivity index (χ0n) is 19.6. The van der Waals surface area contributed by atoms with Gasteiger partial charge in [0.05, 0.1) is 12.2 Å². The molecule has 0 aliphatic carbocycles. The molecule has 1 aromatic carbocycles.